The Labute approximate surface area is 193 Å². The quantitative estimate of drug-likeness (QED) is 0.549. The summed E-state index contributed by atoms with van der Waals surface area (Å²) in [5, 5.41) is 16.8. The second-order valence-electron chi connectivity index (χ2n) is 8.33. The number of likely N-dealkylation sites (tertiary alicyclic amines) is 1. The fourth-order valence-electron chi connectivity index (χ4n) is 4.02. The highest BCUT2D eigenvalue weighted by Gasteiger charge is 2.24. The van der Waals surface area contributed by atoms with E-state index in [-0.39, 0.29) is 11.2 Å². The van der Waals surface area contributed by atoms with Crippen LogP contribution >= 0.6 is 11.8 Å². The smallest absolute Gasteiger partial charge is 0.237 e. The van der Waals surface area contributed by atoms with Gasteiger partial charge in [0, 0.05) is 12.7 Å². The monoisotopic (exact) mass is 453 g/mol. The molecule has 4 rings (SSSR count). The Balaban J connectivity index is 1.55. The molecule has 1 fully saturated rings. The van der Waals surface area contributed by atoms with Gasteiger partial charge in [0.05, 0.1) is 28.9 Å². The third kappa shape index (κ3) is 4.88. The number of aromatic nitrogens is 5. The number of benzene rings is 1. The van der Waals surface area contributed by atoms with Gasteiger partial charge in [-0.2, -0.15) is 5.10 Å². The van der Waals surface area contributed by atoms with Gasteiger partial charge in [-0.05, 0) is 58.8 Å². The molecular weight excluding hydrogens is 422 g/mol. The largest absolute Gasteiger partial charge is 0.322 e. The molecule has 1 aliphatic rings. The minimum atomic E-state index is -0.344. The van der Waals surface area contributed by atoms with Gasteiger partial charge in [-0.1, -0.05) is 36.4 Å². The highest BCUT2D eigenvalue weighted by Crippen LogP contribution is 2.28. The second kappa shape index (κ2) is 9.87. The molecule has 9 heteroatoms. The molecule has 0 radical (unpaired) electrons. The normalized spacial score (nSPS) is 15.6. The zero-order valence-electron chi connectivity index (χ0n) is 19.2. The second-order valence-corrected chi connectivity index (χ2v) is 9.63. The molecule has 1 aromatic carbocycles. The number of piperidine rings is 1. The molecule has 0 spiro atoms. The van der Waals surface area contributed by atoms with E-state index in [1.165, 1.54) is 31.0 Å². The topological polar surface area (TPSA) is 80.9 Å². The highest BCUT2D eigenvalue weighted by atomic mass is 32.2. The summed E-state index contributed by atoms with van der Waals surface area (Å²) < 4.78 is 3.87. The van der Waals surface area contributed by atoms with Crippen LogP contribution in [0.3, 0.4) is 0 Å². The molecule has 3 heterocycles. The number of amides is 1. The number of aryl methyl sites for hydroxylation is 2. The van der Waals surface area contributed by atoms with Crippen LogP contribution < -0.4 is 5.32 Å². The molecule has 32 heavy (non-hydrogen) atoms. The number of nitrogens with zero attached hydrogens (tertiary/aromatic N) is 6. The summed E-state index contributed by atoms with van der Waals surface area (Å²) >= 11 is 1.43. The van der Waals surface area contributed by atoms with Crippen molar-refractivity contribution in [2.45, 2.75) is 57.0 Å². The molecule has 3 aromatic rings. The molecule has 1 saturated heterocycles. The number of para-hydroxylation sites is 1. The average molecular weight is 454 g/mol. The van der Waals surface area contributed by atoms with Crippen molar-refractivity contribution in [2.24, 2.45) is 7.05 Å². The minimum Gasteiger partial charge on any atom is -0.322 e. The van der Waals surface area contributed by atoms with Crippen molar-refractivity contribution >= 4 is 23.4 Å². The first-order chi connectivity index (χ1) is 15.4. The van der Waals surface area contributed by atoms with E-state index in [4.69, 9.17) is 0 Å². The summed E-state index contributed by atoms with van der Waals surface area (Å²) in [6.45, 7) is 8.69. The predicted octanol–water partition coefficient (Wildman–Crippen LogP) is 3.72. The molecule has 2 aromatic heterocycles. The molecule has 8 nitrogen and oxygen atoms in total. The lowest BCUT2D eigenvalue weighted by molar-refractivity contribution is -0.115. The standard InChI is InChI=1S/C23H31N7OS/c1-16-21(17(2)28(4)27-16)24-22(31)18(3)32-23-26-25-20(15-29-13-9-6-10-14-29)30(23)19-11-7-5-8-12-19/h5,7-8,11-12,18H,6,9-10,13-15H2,1-4H3,(H,24,31). The summed E-state index contributed by atoms with van der Waals surface area (Å²) in [7, 11) is 1.88. The summed E-state index contributed by atoms with van der Waals surface area (Å²) in [5.41, 5.74) is 3.54. The van der Waals surface area contributed by atoms with Gasteiger partial charge in [0.2, 0.25) is 5.91 Å². The van der Waals surface area contributed by atoms with E-state index in [1.807, 2.05) is 46.0 Å². The molecule has 0 aliphatic carbocycles. The van der Waals surface area contributed by atoms with Crippen molar-refractivity contribution in [3.05, 3.63) is 47.5 Å². The summed E-state index contributed by atoms with van der Waals surface area (Å²) in [6, 6.07) is 10.1. The Kier molecular flexibility index (Phi) is 6.95. The van der Waals surface area contributed by atoms with Gasteiger partial charge in [-0.3, -0.25) is 18.9 Å². The summed E-state index contributed by atoms with van der Waals surface area (Å²) in [6.07, 6.45) is 3.75. The Morgan fingerprint density at radius 2 is 1.84 bits per heavy atom. The van der Waals surface area contributed by atoms with Crippen LogP contribution in [-0.4, -0.2) is 53.7 Å². The Morgan fingerprint density at radius 1 is 1.12 bits per heavy atom. The number of thioether (sulfide) groups is 1. The van der Waals surface area contributed by atoms with Gasteiger partial charge in [-0.25, -0.2) is 0 Å². The molecule has 1 aliphatic heterocycles. The lowest BCUT2D eigenvalue weighted by Gasteiger charge is -2.26. The lowest BCUT2D eigenvalue weighted by atomic mass is 10.1. The van der Waals surface area contributed by atoms with Crippen molar-refractivity contribution in [3.8, 4) is 5.69 Å². The van der Waals surface area contributed by atoms with Crippen LogP contribution in [0.4, 0.5) is 5.69 Å². The van der Waals surface area contributed by atoms with Crippen LogP contribution in [0.15, 0.2) is 35.5 Å². The average Bonchev–Trinajstić information content (AvgIpc) is 3.29. The van der Waals surface area contributed by atoms with Crippen LogP contribution in [0.1, 0.15) is 43.4 Å². The molecule has 1 N–H and O–H groups in total. The van der Waals surface area contributed by atoms with Crippen molar-refractivity contribution in [1.29, 1.82) is 0 Å². The van der Waals surface area contributed by atoms with Gasteiger partial charge in [0.15, 0.2) is 11.0 Å². The van der Waals surface area contributed by atoms with E-state index in [1.54, 1.807) is 4.68 Å². The fourth-order valence-corrected chi connectivity index (χ4v) is 4.91. The van der Waals surface area contributed by atoms with E-state index in [2.05, 4.69) is 42.2 Å². The maximum atomic E-state index is 13.0. The number of rotatable bonds is 7. The van der Waals surface area contributed by atoms with E-state index >= 15 is 0 Å². The third-order valence-electron chi connectivity index (χ3n) is 5.94. The van der Waals surface area contributed by atoms with Crippen LogP contribution in [0.5, 0.6) is 0 Å². The first kappa shape index (κ1) is 22.5. The first-order valence-electron chi connectivity index (χ1n) is 11.1. The number of carbonyl (C=O) groups is 1. The molecule has 1 atom stereocenters. The predicted molar refractivity (Wildman–Crippen MR) is 127 cm³/mol. The zero-order valence-corrected chi connectivity index (χ0v) is 20.0. The maximum Gasteiger partial charge on any atom is 0.237 e. The molecule has 170 valence electrons. The third-order valence-corrected chi connectivity index (χ3v) is 6.98. The molecule has 1 amide bonds. The lowest BCUT2D eigenvalue weighted by Crippen LogP contribution is -2.30. The first-order valence-corrected chi connectivity index (χ1v) is 12.0. The fraction of sp³-hybridized carbons (Fsp3) is 0.478. The molecule has 0 bridgehead atoms. The zero-order chi connectivity index (χ0) is 22.7. The Morgan fingerprint density at radius 3 is 2.50 bits per heavy atom. The minimum absolute atomic E-state index is 0.0746. The van der Waals surface area contributed by atoms with E-state index < -0.39 is 0 Å². The summed E-state index contributed by atoms with van der Waals surface area (Å²) in [4.78, 5) is 15.4. The number of anilines is 1. The van der Waals surface area contributed by atoms with Gasteiger partial charge >= 0.3 is 0 Å². The van der Waals surface area contributed by atoms with E-state index in [0.717, 1.165) is 53.4 Å². The van der Waals surface area contributed by atoms with Crippen LogP contribution in [-0.2, 0) is 18.4 Å². The van der Waals surface area contributed by atoms with E-state index in [9.17, 15) is 4.79 Å². The van der Waals surface area contributed by atoms with Crippen molar-refractivity contribution in [1.82, 2.24) is 29.4 Å². The van der Waals surface area contributed by atoms with Crippen LogP contribution in [0.2, 0.25) is 0 Å². The molecular formula is C23H31N7OS. The van der Waals surface area contributed by atoms with Gasteiger partial charge in [-0.15, -0.1) is 10.2 Å². The summed E-state index contributed by atoms with van der Waals surface area (Å²) in [5.74, 6) is 0.835. The van der Waals surface area contributed by atoms with Crippen LogP contribution in [0, 0.1) is 13.8 Å². The van der Waals surface area contributed by atoms with Crippen molar-refractivity contribution in [3.63, 3.8) is 0 Å². The number of carbonyl (C=O) groups excluding carboxylic acids is 1. The number of hydrogen-bond donors (Lipinski definition) is 1. The SMILES string of the molecule is Cc1nn(C)c(C)c1NC(=O)C(C)Sc1nnc(CN2CCCCC2)n1-c1ccccc1. The van der Waals surface area contributed by atoms with E-state index in [0.29, 0.717) is 0 Å². The maximum absolute atomic E-state index is 13.0. The van der Waals surface area contributed by atoms with Crippen molar-refractivity contribution in [2.75, 3.05) is 18.4 Å². The van der Waals surface area contributed by atoms with Crippen molar-refractivity contribution < 1.29 is 4.79 Å². The number of hydrogen-bond acceptors (Lipinski definition) is 6. The highest BCUT2D eigenvalue weighted by molar-refractivity contribution is 8.00. The van der Waals surface area contributed by atoms with Crippen LogP contribution in [0.25, 0.3) is 5.69 Å². The molecule has 0 saturated carbocycles. The Bertz CT molecular complexity index is 1070. The van der Waals surface area contributed by atoms with Gasteiger partial charge in [0.25, 0.3) is 0 Å². The Hall–Kier alpha value is -2.65. The van der Waals surface area contributed by atoms with Gasteiger partial charge < -0.3 is 5.32 Å². The van der Waals surface area contributed by atoms with Gasteiger partial charge in [0.1, 0.15) is 0 Å². The molecule has 1 unspecified atom stereocenters. The number of nitrogens with one attached hydrogen (secondary N) is 1.